The number of aryl methyl sites for hydroxylation is 1. The van der Waals surface area contributed by atoms with Gasteiger partial charge in [-0.15, -0.1) is 0 Å². The zero-order valence-electron chi connectivity index (χ0n) is 18.7. The first-order valence-electron chi connectivity index (χ1n) is 11.1. The van der Waals surface area contributed by atoms with E-state index in [9.17, 15) is 10.2 Å². The number of hydrogen-bond donors (Lipinski definition) is 2. The zero-order valence-corrected chi connectivity index (χ0v) is 19.5. The van der Waals surface area contributed by atoms with Crippen LogP contribution in [0.2, 0.25) is 5.02 Å². The lowest BCUT2D eigenvalue weighted by molar-refractivity contribution is -0.140. The van der Waals surface area contributed by atoms with Crippen LogP contribution in [-0.2, 0) is 13.1 Å². The third-order valence-electron chi connectivity index (χ3n) is 5.88. The molecule has 2 heterocycles. The van der Waals surface area contributed by atoms with Crippen LogP contribution >= 0.6 is 11.6 Å². The number of rotatable bonds is 9. The SMILES string of the molecule is Cc1ccc(Cl)c(OC[C@@]2(O)CN(Cc3cccc(OCCn4ccnc4)c3)CC[C@@H]2O)c1. The summed E-state index contributed by atoms with van der Waals surface area (Å²) in [6, 6.07) is 13.5. The maximum atomic E-state index is 11.2. The number of piperidine rings is 1. The number of aliphatic hydroxyl groups is 2. The van der Waals surface area contributed by atoms with Gasteiger partial charge in [-0.2, -0.15) is 0 Å². The van der Waals surface area contributed by atoms with E-state index in [1.54, 1.807) is 18.6 Å². The molecule has 1 fully saturated rings. The standard InChI is InChI=1S/C25H30ClN3O4/c1-19-5-6-22(26)23(13-19)33-17-25(31)16-29(9-7-24(25)30)15-20-3-2-4-21(14-20)32-12-11-28-10-8-27-18-28/h2-6,8,10,13-14,18,24,30-31H,7,9,11-12,15-17H2,1H3/t24-,25-/m0/s1. The van der Waals surface area contributed by atoms with Crippen LogP contribution in [0.25, 0.3) is 0 Å². The van der Waals surface area contributed by atoms with Crippen molar-refractivity contribution in [1.82, 2.24) is 14.5 Å². The molecule has 1 aliphatic rings. The Morgan fingerprint density at radius 1 is 1.21 bits per heavy atom. The van der Waals surface area contributed by atoms with Gasteiger partial charge in [0.05, 0.1) is 24.0 Å². The molecule has 0 aliphatic carbocycles. The molecule has 0 saturated carbocycles. The van der Waals surface area contributed by atoms with Crippen molar-refractivity contribution < 1.29 is 19.7 Å². The highest BCUT2D eigenvalue weighted by Crippen LogP contribution is 2.29. The van der Waals surface area contributed by atoms with E-state index in [2.05, 4.69) is 9.88 Å². The van der Waals surface area contributed by atoms with Gasteiger partial charge in [0.2, 0.25) is 0 Å². The minimum atomic E-state index is -1.38. The van der Waals surface area contributed by atoms with Crippen LogP contribution in [0.3, 0.4) is 0 Å². The monoisotopic (exact) mass is 471 g/mol. The minimum Gasteiger partial charge on any atom is -0.492 e. The van der Waals surface area contributed by atoms with Crippen molar-refractivity contribution in [3.8, 4) is 11.5 Å². The molecule has 0 radical (unpaired) electrons. The maximum absolute atomic E-state index is 11.2. The van der Waals surface area contributed by atoms with E-state index in [0.29, 0.717) is 43.4 Å². The summed E-state index contributed by atoms with van der Waals surface area (Å²) in [4.78, 5) is 6.15. The van der Waals surface area contributed by atoms with Crippen LogP contribution < -0.4 is 9.47 Å². The average Bonchev–Trinajstić information content (AvgIpc) is 3.31. The topological polar surface area (TPSA) is 80.0 Å². The average molecular weight is 472 g/mol. The maximum Gasteiger partial charge on any atom is 0.138 e. The summed E-state index contributed by atoms with van der Waals surface area (Å²) < 4.78 is 13.7. The second-order valence-corrected chi connectivity index (χ2v) is 9.04. The summed E-state index contributed by atoms with van der Waals surface area (Å²) in [5, 5.41) is 22.2. The lowest BCUT2D eigenvalue weighted by Gasteiger charge is -2.42. The van der Waals surface area contributed by atoms with Crippen molar-refractivity contribution in [2.45, 2.75) is 38.1 Å². The Balaban J connectivity index is 1.34. The lowest BCUT2D eigenvalue weighted by Crippen LogP contribution is -2.59. The van der Waals surface area contributed by atoms with Crippen molar-refractivity contribution >= 4 is 11.6 Å². The smallest absolute Gasteiger partial charge is 0.138 e. The predicted octanol–water partition coefficient (Wildman–Crippen LogP) is 3.30. The molecule has 1 aliphatic heterocycles. The molecule has 1 aromatic heterocycles. The van der Waals surface area contributed by atoms with E-state index >= 15 is 0 Å². The van der Waals surface area contributed by atoms with Gasteiger partial charge in [-0.3, -0.25) is 4.90 Å². The molecule has 2 atom stereocenters. The van der Waals surface area contributed by atoms with Crippen molar-refractivity contribution in [2.24, 2.45) is 0 Å². The Hall–Kier alpha value is -2.58. The molecule has 2 N–H and O–H groups in total. The van der Waals surface area contributed by atoms with Crippen LogP contribution in [0.1, 0.15) is 17.5 Å². The van der Waals surface area contributed by atoms with E-state index in [4.69, 9.17) is 21.1 Å². The molecule has 0 spiro atoms. The summed E-state index contributed by atoms with van der Waals surface area (Å²) in [6.07, 6.45) is 5.01. The molecule has 2 aromatic carbocycles. The van der Waals surface area contributed by atoms with Gasteiger partial charge in [-0.05, 0) is 48.7 Å². The van der Waals surface area contributed by atoms with Crippen LogP contribution in [0, 0.1) is 6.92 Å². The Labute approximate surface area is 199 Å². The summed E-state index contributed by atoms with van der Waals surface area (Å²) in [5.74, 6) is 1.31. The molecule has 7 nitrogen and oxygen atoms in total. The van der Waals surface area contributed by atoms with Crippen LogP contribution in [0.15, 0.2) is 61.2 Å². The minimum absolute atomic E-state index is 0.0365. The molecule has 176 valence electrons. The Morgan fingerprint density at radius 3 is 2.91 bits per heavy atom. The largest absolute Gasteiger partial charge is 0.492 e. The van der Waals surface area contributed by atoms with Gasteiger partial charge >= 0.3 is 0 Å². The van der Waals surface area contributed by atoms with Crippen molar-refractivity contribution in [1.29, 1.82) is 0 Å². The molecule has 33 heavy (non-hydrogen) atoms. The number of hydrogen-bond acceptors (Lipinski definition) is 6. The Kier molecular flexibility index (Phi) is 7.55. The summed E-state index contributed by atoms with van der Waals surface area (Å²) >= 11 is 6.22. The molecular weight excluding hydrogens is 442 g/mol. The first kappa shape index (κ1) is 23.6. The Morgan fingerprint density at radius 2 is 2.09 bits per heavy atom. The molecule has 0 unspecified atom stereocenters. The quantitative estimate of drug-likeness (QED) is 0.498. The van der Waals surface area contributed by atoms with E-state index in [0.717, 1.165) is 23.4 Å². The number of aliphatic hydroxyl groups excluding tert-OH is 1. The fourth-order valence-corrected chi connectivity index (χ4v) is 4.20. The first-order chi connectivity index (χ1) is 15.9. The molecule has 8 heteroatoms. The first-order valence-corrected chi connectivity index (χ1v) is 11.5. The van der Waals surface area contributed by atoms with Gasteiger partial charge in [0, 0.05) is 32.0 Å². The fraction of sp³-hybridized carbons (Fsp3) is 0.400. The third kappa shape index (κ3) is 6.26. The highest BCUT2D eigenvalue weighted by molar-refractivity contribution is 6.32. The number of likely N-dealkylation sites (tertiary alicyclic amines) is 1. The number of aromatic nitrogens is 2. The predicted molar refractivity (Wildman–Crippen MR) is 127 cm³/mol. The number of nitrogens with zero attached hydrogens (tertiary/aromatic N) is 3. The van der Waals surface area contributed by atoms with Gasteiger partial charge in [0.1, 0.15) is 30.3 Å². The molecule has 3 aromatic rings. The number of benzene rings is 2. The number of ether oxygens (including phenoxy) is 2. The van der Waals surface area contributed by atoms with Crippen molar-refractivity contribution in [3.05, 3.63) is 77.3 Å². The van der Waals surface area contributed by atoms with Crippen molar-refractivity contribution in [3.63, 3.8) is 0 Å². The van der Waals surface area contributed by atoms with E-state index in [1.807, 2.05) is 54.1 Å². The molecule has 0 bridgehead atoms. The molecule has 1 saturated heterocycles. The normalized spacial score (nSPS) is 21.2. The lowest BCUT2D eigenvalue weighted by atomic mass is 9.90. The summed E-state index contributed by atoms with van der Waals surface area (Å²) in [5.41, 5.74) is 0.709. The highest BCUT2D eigenvalue weighted by atomic mass is 35.5. The zero-order chi connectivity index (χ0) is 23.3. The molecule has 0 amide bonds. The number of halogens is 1. The second-order valence-electron chi connectivity index (χ2n) is 8.64. The molecular formula is C25H30ClN3O4. The third-order valence-corrected chi connectivity index (χ3v) is 6.20. The van der Waals surface area contributed by atoms with Crippen LogP contribution in [0.5, 0.6) is 11.5 Å². The van der Waals surface area contributed by atoms with Crippen LogP contribution in [-0.4, -0.2) is 62.7 Å². The number of imidazole rings is 1. The van der Waals surface area contributed by atoms with E-state index in [-0.39, 0.29) is 6.61 Å². The Bertz CT molecular complexity index is 1050. The number of β-amino-alcohol motifs (C(OH)–C–C–N with tert-alkyl or cyclic N) is 1. The summed E-state index contributed by atoms with van der Waals surface area (Å²) in [7, 11) is 0. The van der Waals surface area contributed by atoms with Gasteiger partial charge in [-0.25, -0.2) is 4.98 Å². The fourth-order valence-electron chi connectivity index (χ4n) is 4.03. The van der Waals surface area contributed by atoms with Gasteiger partial charge in [-0.1, -0.05) is 29.8 Å². The van der Waals surface area contributed by atoms with Crippen molar-refractivity contribution in [2.75, 3.05) is 26.3 Å². The molecule has 4 rings (SSSR count). The van der Waals surface area contributed by atoms with E-state index in [1.165, 1.54) is 0 Å². The van der Waals surface area contributed by atoms with Gasteiger partial charge < -0.3 is 24.3 Å². The van der Waals surface area contributed by atoms with E-state index < -0.39 is 11.7 Å². The summed E-state index contributed by atoms with van der Waals surface area (Å²) in [6.45, 7) is 4.80. The van der Waals surface area contributed by atoms with Gasteiger partial charge in [0.15, 0.2) is 0 Å². The van der Waals surface area contributed by atoms with Gasteiger partial charge in [0.25, 0.3) is 0 Å². The second kappa shape index (κ2) is 10.6. The highest BCUT2D eigenvalue weighted by Gasteiger charge is 2.42. The van der Waals surface area contributed by atoms with Crippen LogP contribution in [0.4, 0.5) is 0 Å².